The molecule has 0 fully saturated rings. The first-order chi connectivity index (χ1) is 15.9. The van der Waals surface area contributed by atoms with Crippen LogP contribution in [0.1, 0.15) is 51.5 Å². The fraction of sp³-hybridized carbons (Fsp3) is 0.208. The molecule has 0 atom stereocenters. The number of aromatic hydroxyl groups is 1. The lowest BCUT2D eigenvalue weighted by Crippen LogP contribution is -2.34. The van der Waals surface area contributed by atoms with E-state index in [1.807, 2.05) is 60.7 Å². The Morgan fingerprint density at radius 3 is 2.06 bits per heavy atom. The van der Waals surface area contributed by atoms with Gasteiger partial charge in [0.2, 0.25) is 11.7 Å². The van der Waals surface area contributed by atoms with E-state index in [1.54, 1.807) is 6.92 Å². The molecule has 0 saturated carbocycles. The van der Waals surface area contributed by atoms with Crippen LogP contribution in [0, 0.1) is 0 Å². The Labute approximate surface area is 190 Å². The number of carbonyl (C=O) groups excluding carboxylic acids is 2. The number of aliphatic carboxylic acids is 1. The molecule has 2 amide bonds. The number of rotatable bonds is 9. The van der Waals surface area contributed by atoms with Gasteiger partial charge in [-0.1, -0.05) is 60.7 Å². The number of benzene rings is 2. The van der Waals surface area contributed by atoms with Crippen LogP contribution in [0.5, 0.6) is 5.88 Å². The van der Waals surface area contributed by atoms with Crippen molar-refractivity contribution < 1.29 is 24.6 Å². The maximum atomic E-state index is 13.0. The van der Waals surface area contributed by atoms with Crippen molar-refractivity contribution in [3.05, 3.63) is 89.4 Å². The zero-order chi connectivity index (χ0) is 23.8. The van der Waals surface area contributed by atoms with Gasteiger partial charge in [0.15, 0.2) is 0 Å². The van der Waals surface area contributed by atoms with Crippen LogP contribution in [0.4, 0.5) is 0 Å². The summed E-state index contributed by atoms with van der Waals surface area (Å²) in [5, 5.41) is 22.1. The molecule has 0 bridgehead atoms. The normalized spacial score (nSPS) is 10.6. The molecule has 2 aromatic carbocycles. The predicted octanol–water partition coefficient (Wildman–Crippen LogP) is 2.64. The number of amides is 2. The minimum Gasteiger partial charge on any atom is -0.493 e. The Hall–Kier alpha value is -4.27. The highest BCUT2D eigenvalue weighted by Crippen LogP contribution is 2.23. The summed E-state index contributed by atoms with van der Waals surface area (Å²) in [6.45, 7) is 1.91. The molecule has 0 aliphatic heterocycles. The number of aromatic nitrogens is 2. The maximum absolute atomic E-state index is 13.0. The number of hydrogen-bond acceptors (Lipinski definition) is 6. The number of nitrogens with zero attached hydrogens (tertiary/aromatic N) is 3. The van der Waals surface area contributed by atoms with Crippen molar-refractivity contribution >= 4 is 17.8 Å². The quantitative estimate of drug-likeness (QED) is 0.458. The first-order valence-corrected chi connectivity index (χ1v) is 10.4. The van der Waals surface area contributed by atoms with Gasteiger partial charge >= 0.3 is 5.97 Å². The van der Waals surface area contributed by atoms with Gasteiger partial charge < -0.3 is 20.4 Å². The average molecular weight is 448 g/mol. The van der Waals surface area contributed by atoms with Gasteiger partial charge in [-0.25, -0.2) is 4.98 Å². The largest absolute Gasteiger partial charge is 0.493 e. The topological polar surface area (TPSA) is 133 Å². The van der Waals surface area contributed by atoms with Crippen LogP contribution in [-0.4, -0.2) is 56.0 Å². The van der Waals surface area contributed by atoms with Gasteiger partial charge in [-0.05, 0) is 18.1 Å². The van der Waals surface area contributed by atoms with E-state index in [0.717, 1.165) is 17.3 Å². The van der Waals surface area contributed by atoms with Gasteiger partial charge in [0.25, 0.3) is 11.8 Å². The van der Waals surface area contributed by atoms with Crippen molar-refractivity contribution in [1.29, 1.82) is 0 Å². The van der Waals surface area contributed by atoms with Crippen molar-refractivity contribution in [2.75, 3.05) is 13.1 Å². The first kappa shape index (κ1) is 23.4. The number of carbonyl (C=O) groups is 3. The average Bonchev–Trinajstić information content (AvgIpc) is 2.83. The summed E-state index contributed by atoms with van der Waals surface area (Å²) < 4.78 is 0. The summed E-state index contributed by atoms with van der Waals surface area (Å²) in [7, 11) is 0. The summed E-state index contributed by atoms with van der Waals surface area (Å²) in [5.74, 6) is -3.24. The zero-order valence-corrected chi connectivity index (χ0v) is 18.0. The van der Waals surface area contributed by atoms with Crippen LogP contribution in [-0.2, 0) is 4.79 Å². The second-order valence-electron chi connectivity index (χ2n) is 7.19. The third-order valence-electron chi connectivity index (χ3n) is 5.01. The second kappa shape index (κ2) is 10.9. The molecule has 3 N–H and O–H groups in total. The van der Waals surface area contributed by atoms with Crippen molar-refractivity contribution in [3.8, 4) is 5.88 Å². The Morgan fingerprint density at radius 1 is 1.00 bits per heavy atom. The minimum atomic E-state index is -1.04. The van der Waals surface area contributed by atoms with E-state index >= 15 is 0 Å². The molecule has 9 nitrogen and oxygen atoms in total. The Bertz CT molecular complexity index is 1080. The predicted molar refractivity (Wildman–Crippen MR) is 120 cm³/mol. The summed E-state index contributed by atoms with van der Waals surface area (Å²) in [6.07, 6.45) is 0.857. The lowest BCUT2D eigenvalue weighted by molar-refractivity contribution is -0.137. The fourth-order valence-electron chi connectivity index (χ4n) is 3.27. The van der Waals surface area contributed by atoms with Gasteiger partial charge in [0.05, 0.1) is 12.5 Å². The summed E-state index contributed by atoms with van der Waals surface area (Å²) in [4.78, 5) is 45.3. The highest BCUT2D eigenvalue weighted by atomic mass is 16.4. The summed E-state index contributed by atoms with van der Waals surface area (Å²) >= 11 is 0. The van der Waals surface area contributed by atoms with Gasteiger partial charge in [0.1, 0.15) is 5.56 Å². The minimum absolute atomic E-state index is 0.0210. The zero-order valence-electron chi connectivity index (χ0n) is 18.0. The Morgan fingerprint density at radius 2 is 1.58 bits per heavy atom. The summed E-state index contributed by atoms with van der Waals surface area (Å²) in [5.41, 5.74) is 1.51. The molecule has 170 valence electrons. The molecule has 33 heavy (non-hydrogen) atoms. The Balaban J connectivity index is 1.82. The number of nitrogens with one attached hydrogen (secondary N) is 1. The van der Waals surface area contributed by atoms with Crippen LogP contribution in [0.2, 0.25) is 0 Å². The third kappa shape index (κ3) is 5.91. The van der Waals surface area contributed by atoms with Gasteiger partial charge in [-0.3, -0.25) is 14.4 Å². The van der Waals surface area contributed by atoms with Crippen LogP contribution >= 0.6 is 0 Å². The smallest absolute Gasteiger partial charge is 0.305 e. The molecule has 0 spiro atoms. The lowest BCUT2D eigenvalue weighted by atomic mass is 9.98. The monoisotopic (exact) mass is 448 g/mol. The molecule has 1 aromatic heterocycles. The molecule has 0 radical (unpaired) electrons. The molecule has 1 heterocycles. The molecule has 0 aliphatic carbocycles. The number of carboxylic acids is 1. The van der Waals surface area contributed by atoms with E-state index < -0.39 is 29.7 Å². The molecule has 0 saturated heterocycles. The van der Waals surface area contributed by atoms with Crippen LogP contribution < -0.4 is 5.32 Å². The Kier molecular flexibility index (Phi) is 7.69. The van der Waals surface area contributed by atoms with Gasteiger partial charge in [-0.15, -0.1) is 0 Å². The van der Waals surface area contributed by atoms with E-state index in [1.165, 1.54) is 4.90 Å². The van der Waals surface area contributed by atoms with Crippen molar-refractivity contribution in [2.24, 2.45) is 0 Å². The van der Waals surface area contributed by atoms with E-state index in [-0.39, 0.29) is 30.9 Å². The highest BCUT2D eigenvalue weighted by Gasteiger charge is 2.24. The molecular formula is C24H24N4O5. The van der Waals surface area contributed by atoms with E-state index in [4.69, 9.17) is 5.11 Å². The molecule has 3 rings (SSSR count). The number of carboxylic acid groups (broad SMARTS) is 1. The van der Waals surface area contributed by atoms with Gasteiger partial charge in [0, 0.05) is 19.3 Å². The molecule has 3 aromatic rings. The molecular weight excluding hydrogens is 424 g/mol. The van der Waals surface area contributed by atoms with Crippen molar-refractivity contribution in [1.82, 2.24) is 20.2 Å². The highest BCUT2D eigenvalue weighted by molar-refractivity contribution is 5.97. The molecule has 0 unspecified atom stereocenters. The van der Waals surface area contributed by atoms with Crippen LogP contribution in [0.15, 0.2) is 66.9 Å². The van der Waals surface area contributed by atoms with E-state index in [9.17, 15) is 19.5 Å². The van der Waals surface area contributed by atoms with Crippen LogP contribution in [0.3, 0.4) is 0 Å². The third-order valence-corrected chi connectivity index (χ3v) is 5.01. The molecule has 9 heteroatoms. The lowest BCUT2D eigenvalue weighted by Gasteiger charge is -2.20. The standard InChI is InChI=1S/C24H24N4O5/c1-2-28(14-13-19(29)30)24(33)21-25-15-18(23(32)27-21)22(31)26-20(16-9-5-3-6-10-16)17-11-7-4-8-12-17/h3-12,15,20H,2,13-14H2,1H3,(H,26,31)(H,29,30)(H,25,27,32). The van der Waals surface area contributed by atoms with Gasteiger partial charge in [-0.2, -0.15) is 4.98 Å². The fourth-order valence-corrected chi connectivity index (χ4v) is 3.27. The second-order valence-corrected chi connectivity index (χ2v) is 7.19. The van der Waals surface area contributed by atoms with Crippen molar-refractivity contribution in [2.45, 2.75) is 19.4 Å². The maximum Gasteiger partial charge on any atom is 0.305 e. The van der Waals surface area contributed by atoms with Crippen molar-refractivity contribution in [3.63, 3.8) is 0 Å². The van der Waals surface area contributed by atoms with E-state index in [0.29, 0.717) is 0 Å². The molecule has 0 aliphatic rings. The first-order valence-electron chi connectivity index (χ1n) is 10.4. The number of hydrogen-bond donors (Lipinski definition) is 3. The van der Waals surface area contributed by atoms with E-state index in [2.05, 4.69) is 15.3 Å². The van der Waals surface area contributed by atoms with Crippen LogP contribution in [0.25, 0.3) is 0 Å². The summed E-state index contributed by atoms with van der Waals surface area (Å²) in [6, 6.07) is 18.2. The SMILES string of the molecule is CCN(CCC(=O)O)C(=O)c1ncc(C(=O)NC(c2ccccc2)c2ccccc2)c(O)n1.